The molecule has 0 saturated carbocycles. The summed E-state index contributed by atoms with van der Waals surface area (Å²) in [6.07, 6.45) is 0. The van der Waals surface area contributed by atoms with Crippen LogP contribution in [0.15, 0.2) is 0 Å². The van der Waals surface area contributed by atoms with E-state index < -0.39 is 0 Å². The lowest BCUT2D eigenvalue weighted by Gasteiger charge is -2.25. The van der Waals surface area contributed by atoms with Crippen molar-refractivity contribution in [2.75, 3.05) is 31.9 Å². The highest BCUT2D eigenvalue weighted by atomic mass is 32.1. The van der Waals surface area contributed by atoms with Crippen LogP contribution >= 0.6 is 11.5 Å². The lowest BCUT2D eigenvalue weighted by Crippen LogP contribution is -2.43. The maximum absolute atomic E-state index is 5.50. The fourth-order valence-electron chi connectivity index (χ4n) is 1.40. The number of rotatable bonds is 2. The Hall–Kier alpha value is -0.720. The van der Waals surface area contributed by atoms with Crippen molar-refractivity contribution in [3.8, 4) is 0 Å². The van der Waals surface area contributed by atoms with E-state index >= 15 is 0 Å². The Morgan fingerprint density at radius 3 is 2.85 bits per heavy atom. The largest absolute Gasteiger partial charge is 0.374 e. The van der Waals surface area contributed by atoms with Gasteiger partial charge in [0.25, 0.3) is 0 Å². The Morgan fingerprint density at radius 2 is 2.23 bits per heavy atom. The van der Waals surface area contributed by atoms with Crippen LogP contribution in [-0.2, 0) is 6.54 Å². The maximum Gasteiger partial charge on any atom is 0.199 e. The van der Waals surface area contributed by atoms with E-state index in [2.05, 4.69) is 19.6 Å². The molecule has 0 unspecified atom stereocenters. The summed E-state index contributed by atoms with van der Waals surface area (Å²) in [7, 11) is 0. The predicted octanol–water partition coefficient (Wildman–Crippen LogP) is -0.475. The molecule has 2 heterocycles. The molecule has 72 valence electrons. The number of nitrogens with one attached hydrogen (secondary N) is 1. The first kappa shape index (κ1) is 8.86. The van der Waals surface area contributed by atoms with Gasteiger partial charge in [-0.2, -0.15) is 4.37 Å². The van der Waals surface area contributed by atoms with E-state index in [9.17, 15) is 0 Å². The summed E-state index contributed by atoms with van der Waals surface area (Å²) in [5.41, 5.74) is 5.50. The molecule has 1 fully saturated rings. The molecule has 6 heteroatoms. The normalized spacial score (nSPS) is 19.1. The Balaban J connectivity index is 1.89. The predicted molar refractivity (Wildman–Crippen MR) is 52.5 cm³/mol. The van der Waals surface area contributed by atoms with Crippen molar-refractivity contribution in [1.29, 1.82) is 0 Å². The SMILES string of the molecule is Nc1nc(CN2CCNCC2)ns1. The highest BCUT2D eigenvalue weighted by molar-refractivity contribution is 7.09. The second-order valence-corrected chi connectivity index (χ2v) is 3.86. The van der Waals surface area contributed by atoms with Gasteiger partial charge >= 0.3 is 0 Å². The summed E-state index contributed by atoms with van der Waals surface area (Å²) in [4.78, 5) is 6.46. The minimum atomic E-state index is 0.560. The van der Waals surface area contributed by atoms with Crippen LogP contribution in [0.4, 0.5) is 5.13 Å². The lowest BCUT2D eigenvalue weighted by molar-refractivity contribution is 0.229. The first-order valence-corrected chi connectivity index (χ1v) is 5.13. The van der Waals surface area contributed by atoms with E-state index in [1.165, 1.54) is 11.5 Å². The third-order valence-corrected chi connectivity index (χ3v) is 2.64. The van der Waals surface area contributed by atoms with E-state index in [-0.39, 0.29) is 0 Å². The molecule has 1 aliphatic rings. The number of anilines is 1. The summed E-state index contributed by atoms with van der Waals surface area (Å²) in [6, 6.07) is 0. The summed E-state index contributed by atoms with van der Waals surface area (Å²) in [6.45, 7) is 5.08. The fraction of sp³-hybridized carbons (Fsp3) is 0.714. The molecule has 0 radical (unpaired) electrons. The molecule has 0 bridgehead atoms. The minimum Gasteiger partial charge on any atom is -0.374 e. The van der Waals surface area contributed by atoms with E-state index in [1.807, 2.05) is 0 Å². The molecule has 0 spiro atoms. The third-order valence-electron chi connectivity index (χ3n) is 2.06. The standard InChI is InChI=1S/C7H13N5S/c8-7-10-6(11-13-7)5-12-3-1-9-2-4-12/h9H,1-5H2,(H2,8,10,11). The number of aromatic nitrogens is 2. The molecule has 0 aromatic carbocycles. The van der Waals surface area contributed by atoms with Gasteiger partial charge < -0.3 is 11.1 Å². The van der Waals surface area contributed by atoms with Crippen molar-refractivity contribution >= 4 is 16.7 Å². The van der Waals surface area contributed by atoms with Gasteiger partial charge in [-0.05, 0) is 0 Å². The lowest BCUT2D eigenvalue weighted by atomic mass is 10.3. The van der Waals surface area contributed by atoms with Crippen molar-refractivity contribution in [2.24, 2.45) is 0 Å². The molecule has 0 amide bonds. The first-order chi connectivity index (χ1) is 6.34. The zero-order chi connectivity index (χ0) is 9.10. The molecule has 2 rings (SSSR count). The van der Waals surface area contributed by atoms with E-state index in [1.54, 1.807) is 0 Å². The van der Waals surface area contributed by atoms with Crippen molar-refractivity contribution < 1.29 is 0 Å². The summed E-state index contributed by atoms with van der Waals surface area (Å²) in [5, 5.41) is 3.86. The van der Waals surface area contributed by atoms with E-state index in [0.29, 0.717) is 5.13 Å². The molecule has 0 aliphatic carbocycles. The molecular weight excluding hydrogens is 186 g/mol. The van der Waals surface area contributed by atoms with Crippen molar-refractivity contribution in [2.45, 2.75) is 6.54 Å². The van der Waals surface area contributed by atoms with E-state index in [0.717, 1.165) is 38.5 Å². The number of piperazine rings is 1. The van der Waals surface area contributed by atoms with Gasteiger partial charge in [-0.25, -0.2) is 4.98 Å². The van der Waals surface area contributed by atoms with Crippen LogP contribution < -0.4 is 11.1 Å². The molecule has 5 nitrogen and oxygen atoms in total. The number of nitrogens with zero attached hydrogens (tertiary/aromatic N) is 3. The average molecular weight is 199 g/mol. The van der Waals surface area contributed by atoms with Crippen molar-refractivity contribution in [1.82, 2.24) is 19.6 Å². The van der Waals surface area contributed by atoms with Gasteiger partial charge in [-0.3, -0.25) is 4.90 Å². The maximum atomic E-state index is 5.50. The second kappa shape index (κ2) is 3.99. The zero-order valence-corrected chi connectivity index (χ0v) is 8.18. The van der Waals surface area contributed by atoms with Gasteiger partial charge in [0, 0.05) is 37.7 Å². The van der Waals surface area contributed by atoms with Gasteiger partial charge in [0.2, 0.25) is 0 Å². The van der Waals surface area contributed by atoms with Crippen molar-refractivity contribution in [3.05, 3.63) is 5.82 Å². The quantitative estimate of drug-likeness (QED) is 0.674. The zero-order valence-electron chi connectivity index (χ0n) is 7.36. The molecule has 1 aromatic rings. The average Bonchev–Trinajstić information content (AvgIpc) is 2.53. The highest BCUT2D eigenvalue weighted by Gasteiger charge is 2.11. The number of hydrogen-bond donors (Lipinski definition) is 2. The Bertz CT molecular complexity index is 268. The van der Waals surface area contributed by atoms with Gasteiger partial charge in [-0.15, -0.1) is 0 Å². The van der Waals surface area contributed by atoms with Gasteiger partial charge in [0.05, 0.1) is 6.54 Å². The van der Waals surface area contributed by atoms with Crippen LogP contribution in [0.25, 0.3) is 0 Å². The highest BCUT2D eigenvalue weighted by Crippen LogP contribution is 2.08. The Labute approximate surface area is 81.1 Å². The number of hydrogen-bond acceptors (Lipinski definition) is 6. The van der Waals surface area contributed by atoms with Crippen molar-refractivity contribution in [3.63, 3.8) is 0 Å². The molecule has 13 heavy (non-hydrogen) atoms. The minimum absolute atomic E-state index is 0.560. The van der Waals surface area contributed by atoms with Crippen LogP contribution in [0.3, 0.4) is 0 Å². The molecule has 0 atom stereocenters. The van der Waals surface area contributed by atoms with E-state index in [4.69, 9.17) is 5.73 Å². The smallest absolute Gasteiger partial charge is 0.199 e. The second-order valence-electron chi connectivity index (χ2n) is 3.07. The summed E-state index contributed by atoms with van der Waals surface area (Å²) < 4.78 is 4.15. The molecule has 1 saturated heterocycles. The summed E-state index contributed by atoms with van der Waals surface area (Å²) >= 11 is 1.27. The topological polar surface area (TPSA) is 67.1 Å². The van der Waals surface area contributed by atoms with Gasteiger partial charge in [0.15, 0.2) is 11.0 Å². The Kier molecular flexibility index (Phi) is 2.72. The monoisotopic (exact) mass is 199 g/mol. The van der Waals surface area contributed by atoms with Crippen LogP contribution in [0.5, 0.6) is 0 Å². The number of nitrogen functional groups attached to an aromatic ring is 1. The van der Waals surface area contributed by atoms with Crippen LogP contribution in [0.1, 0.15) is 5.82 Å². The van der Waals surface area contributed by atoms with Crippen LogP contribution in [0.2, 0.25) is 0 Å². The van der Waals surface area contributed by atoms with Gasteiger partial charge in [0.1, 0.15) is 0 Å². The summed E-state index contributed by atoms with van der Waals surface area (Å²) in [5.74, 6) is 0.851. The molecule has 3 N–H and O–H groups in total. The molecule has 1 aliphatic heterocycles. The molecular formula is C7H13N5S. The molecule has 1 aromatic heterocycles. The Morgan fingerprint density at radius 1 is 1.46 bits per heavy atom. The van der Waals surface area contributed by atoms with Crippen LogP contribution in [0, 0.1) is 0 Å². The third kappa shape index (κ3) is 2.36. The number of nitrogens with two attached hydrogens (primary N) is 1. The van der Waals surface area contributed by atoms with Gasteiger partial charge in [-0.1, -0.05) is 0 Å². The first-order valence-electron chi connectivity index (χ1n) is 4.36. The van der Waals surface area contributed by atoms with Crippen LogP contribution in [-0.4, -0.2) is 40.4 Å². The fourth-order valence-corrected chi connectivity index (χ4v) is 1.84.